The fraction of sp³-hybridized carbons (Fsp3) is 0.250. The summed E-state index contributed by atoms with van der Waals surface area (Å²) in [5.41, 5.74) is 7.99. The van der Waals surface area contributed by atoms with Gasteiger partial charge in [0.15, 0.2) is 0 Å². The molecule has 0 atom stereocenters. The monoisotopic (exact) mass is 150 g/mol. The molecule has 1 heterocycles. The number of nitrogens with one attached hydrogen (secondary N) is 2. The first kappa shape index (κ1) is 6.49. The van der Waals surface area contributed by atoms with E-state index in [1.165, 1.54) is 0 Å². The number of aromatic hydroxyl groups is 1. The Balaban J connectivity index is 2.49. The minimum Gasteiger partial charge on any atom is -0.508 e. The number of phenolic OH excluding ortho intramolecular Hbond substituents is 1. The van der Waals surface area contributed by atoms with Crippen LogP contribution in [0.5, 0.6) is 5.75 Å². The Bertz CT molecular complexity index is 273. The molecule has 0 amide bonds. The van der Waals surface area contributed by atoms with Crippen molar-refractivity contribution in [2.45, 2.75) is 6.42 Å². The first-order valence-electron chi connectivity index (χ1n) is 3.67. The van der Waals surface area contributed by atoms with Crippen molar-refractivity contribution in [2.75, 3.05) is 12.0 Å². The van der Waals surface area contributed by atoms with Gasteiger partial charge in [0.2, 0.25) is 0 Å². The molecule has 0 radical (unpaired) electrons. The molecule has 1 aliphatic heterocycles. The first-order valence-corrected chi connectivity index (χ1v) is 3.67. The molecular weight excluding hydrogens is 140 g/mol. The van der Waals surface area contributed by atoms with Crippen LogP contribution in [0.3, 0.4) is 0 Å². The maximum atomic E-state index is 9.39. The lowest BCUT2D eigenvalue weighted by Crippen LogP contribution is -2.29. The summed E-state index contributed by atoms with van der Waals surface area (Å²) in [6, 6.07) is 5.49. The van der Waals surface area contributed by atoms with E-state index in [2.05, 4.69) is 10.9 Å². The highest BCUT2D eigenvalue weighted by atomic mass is 16.3. The van der Waals surface area contributed by atoms with Crippen molar-refractivity contribution in [2.24, 2.45) is 0 Å². The molecule has 1 aromatic carbocycles. The second-order valence-electron chi connectivity index (χ2n) is 2.61. The molecular formula is C8H10N2O. The van der Waals surface area contributed by atoms with Crippen LogP contribution in [0.1, 0.15) is 5.56 Å². The lowest BCUT2D eigenvalue weighted by Gasteiger charge is -2.19. The fourth-order valence-corrected chi connectivity index (χ4v) is 1.30. The summed E-state index contributed by atoms with van der Waals surface area (Å²) >= 11 is 0. The van der Waals surface area contributed by atoms with Gasteiger partial charge < -0.3 is 10.5 Å². The SMILES string of the molecule is Oc1cccc2c1CCNN2. The number of hydrazine groups is 1. The van der Waals surface area contributed by atoms with Crippen LogP contribution in [-0.4, -0.2) is 11.7 Å². The summed E-state index contributed by atoms with van der Waals surface area (Å²) in [6.45, 7) is 0.866. The van der Waals surface area contributed by atoms with Gasteiger partial charge in [0.1, 0.15) is 5.75 Å². The molecule has 1 aliphatic rings. The van der Waals surface area contributed by atoms with Crippen LogP contribution in [0.4, 0.5) is 5.69 Å². The lowest BCUT2D eigenvalue weighted by molar-refractivity contribution is 0.466. The van der Waals surface area contributed by atoms with E-state index in [-0.39, 0.29) is 0 Å². The van der Waals surface area contributed by atoms with E-state index in [1.54, 1.807) is 6.07 Å². The zero-order valence-electron chi connectivity index (χ0n) is 6.09. The molecule has 3 heteroatoms. The average Bonchev–Trinajstić information content (AvgIpc) is 2.06. The molecule has 3 N–H and O–H groups in total. The summed E-state index contributed by atoms with van der Waals surface area (Å²) in [5.74, 6) is 0.386. The number of fused-ring (bicyclic) bond motifs is 1. The topological polar surface area (TPSA) is 44.3 Å². The van der Waals surface area contributed by atoms with E-state index in [0.29, 0.717) is 5.75 Å². The van der Waals surface area contributed by atoms with Crippen LogP contribution in [0, 0.1) is 0 Å². The van der Waals surface area contributed by atoms with Crippen LogP contribution >= 0.6 is 0 Å². The Hall–Kier alpha value is -1.22. The van der Waals surface area contributed by atoms with E-state index in [4.69, 9.17) is 0 Å². The Labute approximate surface area is 65.0 Å². The second-order valence-corrected chi connectivity index (χ2v) is 2.61. The zero-order chi connectivity index (χ0) is 7.68. The maximum absolute atomic E-state index is 9.39. The van der Waals surface area contributed by atoms with Gasteiger partial charge in [-0.25, -0.2) is 5.43 Å². The van der Waals surface area contributed by atoms with Crippen molar-refractivity contribution in [1.29, 1.82) is 0 Å². The number of benzene rings is 1. The molecule has 0 fully saturated rings. The van der Waals surface area contributed by atoms with Crippen LogP contribution in [-0.2, 0) is 6.42 Å². The standard InChI is InChI=1S/C8H10N2O/c11-8-3-1-2-7-6(8)4-5-9-10-7/h1-3,9-11H,4-5H2. The number of rotatable bonds is 0. The number of hydrogen-bond acceptors (Lipinski definition) is 3. The maximum Gasteiger partial charge on any atom is 0.120 e. The molecule has 0 bridgehead atoms. The number of phenols is 1. The number of anilines is 1. The minimum absolute atomic E-state index is 0.386. The molecule has 11 heavy (non-hydrogen) atoms. The van der Waals surface area contributed by atoms with Gasteiger partial charge >= 0.3 is 0 Å². The third-order valence-electron chi connectivity index (χ3n) is 1.87. The van der Waals surface area contributed by atoms with Crippen molar-refractivity contribution < 1.29 is 5.11 Å². The van der Waals surface area contributed by atoms with Crippen molar-refractivity contribution in [3.63, 3.8) is 0 Å². The quantitative estimate of drug-likeness (QED) is 0.514. The van der Waals surface area contributed by atoms with Crippen LogP contribution < -0.4 is 10.9 Å². The van der Waals surface area contributed by atoms with Gasteiger partial charge in [-0.1, -0.05) is 6.07 Å². The third kappa shape index (κ3) is 1.03. The van der Waals surface area contributed by atoms with Crippen molar-refractivity contribution in [3.05, 3.63) is 23.8 Å². The highest BCUT2D eigenvalue weighted by molar-refractivity contribution is 5.57. The van der Waals surface area contributed by atoms with E-state index < -0.39 is 0 Å². The molecule has 2 rings (SSSR count). The summed E-state index contributed by atoms with van der Waals surface area (Å²) in [4.78, 5) is 0. The smallest absolute Gasteiger partial charge is 0.120 e. The molecule has 0 unspecified atom stereocenters. The number of hydrogen-bond donors (Lipinski definition) is 3. The summed E-state index contributed by atoms with van der Waals surface area (Å²) in [6.07, 6.45) is 0.884. The molecule has 0 spiro atoms. The van der Waals surface area contributed by atoms with Crippen molar-refractivity contribution in [1.82, 2.24) is 5.43 Å². The first-order chi connectivity index (χ1) is 5.38. The predicted molar refractivity (Wildman–Crippen MR) is 43.4 cm³/mol. The zero-order valence-corrected chi connectivity index (χ0v) is 6.09. The van der Waals surface area contributed by atoms with E-state index in [0.717, 1.165) is 24.2 Å². The molecule has 1 aromatic rings. The minimum atomic E-state index is 0.386. The van der Waals surface area contributed by atoms with Crippen molar-refractivity contribution >= 4 is 5.69 Å². The van der Waals surface area contributed by atoms with E-state index in [9.17, 15) is 5.11 Å². The normalized spacial score (nSPS) is 15.3. The van der Waals surface area contributed by atoms with E-state index >= 15 is 0 Å². The van der Waals surface area contributed by atoms with Gasteiger partial charge in [0, 0.05) is 12.1 Å². The Kier molecular flexibility index (Phi) is 1.43. The van der Waals surface area contributed by atoms with E-state index in [1.807, 2.05) is 12.1 Å². The molecule has 0 aromatic heterocycles. The summed E-state index contributed by atoms with van der Waals surface area (Å²) < 4.78 is 0. The van der Waals surface area contributed by atoms with Crippen LogP contribution in [0.15, 0.2) is 18.2 Å². The van der Waals surface area contributed by atoms with Crippen LogP contribution in [0.25, 0.3) is 0 Å². The average molecular weight is 150 g/mol. The van der Waals surface area contributed by atoms with Gasteiger partial charge in [-0.15, -0.1) is 0 Å². The van der Waals surface area contributed by atoms with Gasteiger partial charge in [0.25, 0.3) is 0 Å². The summed E-state index contributed by atoms with van der Waals surface area (Å²) in [7, 11) is 0. The van der Waals surface area contributed by atoms with Gasteiger partial charge in [-0.05, 0) is 18.6 Å². The highest BCUT2D eigenvalue weighted by Crippen LogP contribution is 2.26. The highest BCUT2D eigenvalue weighted by Gasteiger charge is 2.10. The van der Waals surface area contributed by atoms with Gasteiger partial charge in [-0.3, -0.25) is 0 Å². The second kappa shape index (κ2) is 2.43. The van der Waals surface area contributed by atoms with Crippen molar-refractivity contribution in [3.8, 4) is 5.75 Å². The third-order valence-corrected chi connectivity index (χ3v) is 1.87. The Morgan fingerprint density at radius 1 is 1.36 bits per heavy atom. The molecule has 0 saturated heterocycles. The summed E-state index contributed by atoms with van der Waals surface area (Å²) in [5, 5.41) is 9.39. The Morgan fingerprint density at radius 2 is 2.27 bits per heavy atom. The Morgan fingerprint density at radius 3 is 3.09 bits per heavy atom. The largest absolute Gasteiger partial charge is 0.508 e. The lowest BCUT2D eigenvalue weighted by atomic mass is 10.1. The molecule has 58 valence electrons. The predicted octanol–water partition coefficient (Wildman–Crippen LogP) is 0.865. The van der Waals surface area contributed by atoms with Crippen LogP contribution in [0.2, 0.25) is 0 Å². The molecule has 0 aliphatic carbocycles. The van der Waals surface area contributed by atoms with Gasteiger partial charge in [0.05, 0.1) is 5.69 Å². The molecule has 3 nitrogen and oxygen atoms in total. The fourth-order valence-electron chi connectivity index (χ4n) is 1.30. The van der Waals surface area contributed by atoms with Gasteiger partial charge in [-0.2, -0.15) is 0 Å². The molecule has 0 saturated carbocycles.